The van der Waals surface area contributed by atoms with Gasteiger partial charge in [0.1, 0.15) is 17.8 Å². The Morgan fingerprint density at radius 1 is 0.622 bits per heavy atom. The lowest BCUT2D eigenvalue weighted by Crippen LogP contribution is -2.55. The molecular weight excluding hydrogens is 468 g/mol. The van der Waals surface area contributed by atoms with Gasteiger partial charge in [-0.1, -0.05) is 60.7 Å². The van der Waals surface area contributed by atoms with Crippen LogP contribution in [0.3, 0.4) is 0 Å². The molecule has 2 saturated carbocycles. The molecule has 6 rings (SSSR count). The van der Waals surface area contributed by atoms with Crippen LogP contribution in [-0.4, -0.2) is 35.7 Å². The third kappa shape index (κ3) is 4.02. The van der Waals surface area contributed by atoms with Gasteiger partial charge in [-0.2, -0.15) is 0 Å². The van der Waals surface area contributed by atoms with Gasteiger partial charge in [-0.15, -0.1) is 0 Å². The molecule has 0 heterocycles. The van der Waals surface area contributed by atoms with E-state index in [1.54, 1.807) is 72.8 Å². The van der Waals surface area contributed by atoms with Gasteiger partial charge in [0.15, 0.2) is 0 Å². The Morgan fingerprint density at radius 2 is 1.11 bits per heavy atom. The highest BCUT2D eigenvalue weighted by Crippen LogP contribution is 2.62. The quantitative estimate of drug-likeness (QED) is 0.264. The molecule has 0 aromatic heterocycles. The van der Waals surface area contributed by atoms with Gasteiger partial charge in [-0.25, -0.2) is 14.4 Å². The molecule has 3 aliphatic rings. The molecule has 2 fully saturated rings. The van der Waals surface area contributed by atoms with E-state index in [1.807, 2.05) is 30.4 Å². The van der Waals surface area contributed by atoms with Crippen LogP contribution in [0.1, 0.15) is 43.9 Å². The van der Waals surface area contributed by atoms with Crippen LogP contribution in [0, 0.1) is 17.8 Å². The Balaban J connectivity index is 1.32. The SMILES string of the molecule is O=C(O[C@H]1[C@H]2C[C@@H]([C@H]1OC(=O)c1ccccc1)[C@@]1(OC(=O)c3ccccc3)C=CC[C@@H]21)c1ccccc1. The average Bonchev–Trinajstić information content (AvgIpc) is 3.60. The van der Waals surface area contributed by atoms with E-state index in [4.69, 9.17) is 14.2 Å². The summed E-state index contributed by atoms with van der Waals surface area (Å²) in [6.45, 7) is 0. The lowest BCUT2D eigenvalue weighted by Gasteiger charge is -2.44. The summed E-state index contributed by atoms with van der Waals surface area (Å²) < 4.78 is 18.3. The highest BCUT2D eigenvalue weighted by Gasteiger charge is 2.70. The first-order valence-corrected chi connectivity index (χ1v) is 12.5. The molecule has 6 heteroatoms. The molecule has 186 valence electrons. The van der Waals surface area contributed by atoms with Crippen molar-refractivity contribution in [3.8, 4) is 0 Å². The molecular formula is C31H26O6. The summed E-state index contributed by atoms with van der Waals surface area (Å²) in [4.78, 5) is 39.3. The number of rotatable bonds is 6. The number of ether oxygens (including phenoxy) is 3. The molecule has 0 unspecified atom stereocenters. The second-order valence-electron chi connectivity index (χ2n) is 9.83. The van der Waals surface area contributed by atoms with Crippen molar-refractivity contribution in [2.75, 3.05) is 0 Å². The van der Waals surface area contributed by atoms with Crippen LogP contribution in [-0.2, 0) is 14.2 Å². The Bertz CT molecular complexity index is 1340. The van der Waals surface area contributed by atoms with Crippen molar-refractivity contribution in [3.05, 3.63) is 120 Å². The Hall–Kier alpha value is -4.19. The zero-order valence-electron chi connectivity index (χ0n) is 20.1. The molecule has 3 aromatic rings. The van der Waals surface area contributed by atoms with Gasteiger partial charge in [-0.05, 0) is 55.3 Å². The second kappa shape index (κ2) is 9.36. The number of hydrogen-bond donors (Lipinski definition) is 0. The molecule has 6 nitrogen and oxygen atoms in total. The van der Waals surface area contributed by atoms with Gasteiger partial charge in [0.2, 0.25) is 0 Å². The van der Waals surface area contributed by atoms with E-state index in [1.165, 1.54) is 0 Å². The molecule has 0 spiro atoms. The van der Waals surface area contributed by atoms with E-state index in [-0.39, 0.29) is 17.8 Å². The van der Waals surface area contributed by atoms with E-state index < -0.39 is 35.7 Å². The van der Waals surface area contributed by atoms with Crippen LogP contribution >= 0.6 is 0 Å². The first-order valence-electron chi connectivity index (χ1n) is 12.5. The number of benzene rings is 3. The fourth-order valence-electron chi connectivity index (χ4n) is 6.30. The third-order valence-corrected chi connectivity index (χ3v) is 7.90. The molecule has 0 amide bonds. The number of esters is 3. The van der Waals surface area contributed by atoms with E-state index >= 15 is 0 Å². The van der Waals surface area contributed by atoms with Gasteiger partial charge >= 0.3 is 17.9 Å². The summed E-state index contributed by atoms with van der Waals surface area (Å²) in [6, 6.07) is 26.4. The maximum Gasteiger partial charge on any atom is 0.339 e. The minimum Gasteiger partial charge on any atom is -0.455 e. The fraction of sp³-hybridized carbons (Fsp3) is 0.258. The van der Waals surface area contributed by atoms with Crippen molar-refractivity contribution in [3.63, 3.8) is 0 Å². The smallest absolute Gasteiger partial charge is 0.339 e. The molecule has 2 bridgehead atoms. The first kappa shape index (κ1) is 23.2. The minimum atomic E-state index is -0.922. The highest BCUT2D eigenvalue weighted by molar-refractivity contribution is 5.91. The van der Waals surface area contributed by atoms with Gasteiger partial charge < -0.3 is 14.2 Å². The first-order chi connectivity index (χ1) is 18.1. The molecule has 0 saturated heterocycles. The van der Waals surface area contributed by atoms with Crippen molar-refractivity contribution in [2.45, 2.75) is 30.7 Å². The summed E-state index contributed by atoms with van der Waals surface area (Å²) in [6.07, 6.45) is 3.88. The van der Waals surface area contributed by atoms with Gasteiger partial charge in [-0.3, -0.25) is 0 Å². The average molecular weight is 495 g/mol. The van der Waals surface area contributed by atoms with Gasteiger partial charge in [0.05, 0.1) is 16.7 Å². The Kier molecular flexibility index (Phi) is 5.87. The molecule has 3 aromatic carbocycles. The normalized spacial score (nSPS) is 28.9. The molecule has 0 N–H and O–H groups in total. The van der Waals surface area contributed by atoms with E-state index in [0.29, 0.717) is 29.5 Å². The van der Waals surface area contributed by atoms with Crippen molar-refractivity contribution in [1.82, 2.24) is 0 Å². The largest absolute Gasteiger partial charge is 0.455 e. The van der Waals surface area contributed by atoms with Crippen molar-refractivity contribution >= 4 is 17.9 Å². The summed E-state index contributed by atoms with van der Waals surface area (Å²) in [5.41, 5.74) is 0.384. The van der Waals surface area contributed by atoms with E-state index in [2.05, 4.69) is 0 Å². The molecule has 3 aliphatic carbocycles. The maximum absolute atomic E-state index is 13.2. The van der Waals surface area contributed by atoms with Gasteiger partial charge in [0.25, 0.3) is 0 Å². The fourth-order valence-corrected chi connectivity index (χ4v) is 6.30. The van der Waals surface area contributed by atoms with Crippen molar-refractivity contribution < 1.29 is 28.6 Å². The zero-order chi connectivity index (χ0) is 25.4. The Morgan fingerprint density at radius 3 is 1.65 bits per heavy atom. The standard InChI is InChI=1S/C31H26O6/c32-28(20-11-4-1-5-12-20)35-26-23-19-25(27(26)36-29(33)21-13-6-2-7-14-21)31(18-10-17-24(23)31)37-30(34)22-15-8-3-9-16-22/h1-16,18,23-27H,17,19H2/t23-,24-,25-,26-,27+,31+/m0/s1. The lowest BCUT2D eigenvalue weighted by atomic mass is 9.74. The van der Waals surface area contributed by atoms with Crippen LogP contribution in [0.5, 0.6) is 0 Å². The van der Waals surface area contributed by atoms with Gasteiger partial charge in [0, 0.05) is 17.8 Å². The molecule has 0 radical (unpaired) electrons. The predicted octanol–water partition coefficient (Wildman–Crippen LogP) is 5.26. The Labute approximate surface area is 214 Å². The van der Waals surface area contributed by atoms with E-state index in [0.717, 1.165) is 0 Å². The van der Waals surface area contributed by atoms with E-state index in [9.17, 15) is 14.4 Å². The van der Waals surface area contributed by atoms with Crippen LogP contribution in [0.2, 0.25) is 0 Å². The molecule has 37 heavy (non-hydrogen) atoms. The number of carbonyl (C=O) groups is 3. The van der Waals surface area contributed by atoms with Crippen LogP contribution in [0.15, 0.2) is 103 Å². The maximum atomic E-state index is 13.2. The van der Waals surface area contributed by atoms with Crippen LogP contribution in [0.25, 0.3) is 0 Å². The number of fused-ring (bicyclic) bond motifs is 5. The summed E-state index contributed by atoms with van der Waals surface area (Å²) in [5.74, 6) is -1.90. The molecule has 0 aliphatic heterocycles. The lowest BCUT2D eigenvalue weighted by molar-refractivity contribution is -0.129. The number of hydrogen-bond acceptors (Lipinski definition) is 6. The zero-order valence-corrected chi connectivity index (χ0v) is 20.1. The predicted molar refractivity (Wildman–Crippen MR) is 135 cm³/mol. The summed E-state index contributed by atoms with van der Waals surface area (Å²) >= 11 is 0. The van der Waals surface area contributed by atoms with Crippen molar-refractivity contribution in [1.29, 1.82) is 0 Å². The summed E-state index contributed by atoms with van der Waals surface area (Å²) in [5, 5.41) is 0. The van der Waals surface area contributed by atoms with Crippen LogP contribution < -0.4 is 0 Å². The number of allylic oxidation sites excluding steroid dienone is 1. The second-order valence-corrected chi connectivity index (χ2v) is 9.83. The van der Waals surface area contributed by atoms with Crippen LogP contribution in [0.4, 0.5) is 0 Å². The highest BCUT2D eigenvalue weighted by atomic mass is 16.6. The van der Waals surface area contributed by atoms with Crippen molar-refractivity contribution in [2.24, 2.45) is 17.8 Å². The summed E-state index contributed by atoms with van der Waals surface area (Å²) in [7, 11) is 0. The number of carbonyl (C=O) groups excluding carboxylic acids is 3. The molecule has 6 atom stereocenters. The monoisotopic (exact) mass is 494 g/mol. The minimum absolute atomic E-state index is 0.0644. The topological polar surface area (TPSA) is 78.9 Å². The third-order valence-electron chi connectivity index (χ3n) is 7.90.